The van der Waals surface area contributed by atoms with Crippen LogP contribution in [0.2, 0.25) is 0 Å². The number of carbonyl (C=O) groups is 1. The summed E-state index contributed by atoms with van der Waals surface area (Å²) in [4.78, 5) is 11.0. The van der Waals surface area contributed by atoms with Gasteiger partial charge in [0.15, 0.2) is 0 Å². The third-order valence-corrected chi connectivity index (χ3v) is 2.79. The number of hydrogen-bond donors (Lipinski definition) is 0. The fourth-order valence-corrected chi connectivity index (χ4v) is 1.78. The SMILES string of the molecule is C=CCCCCCCCCC=CCC(=O)OCC. The van der Waals surface area contributed by atoms with Crippen LogP contribution in [0, 0.1) is 0 Å². The summed E-state index contributed by atoms with van der Waals surface area (Å²) in [5.41, 5.74) is 0. The summed E-state index contributed by atoms with van der Waals surface area (Å²) in [6, 6.07) is 0. The quantitative estimate of drug-likeness (QED) is 0.283. The van der Waals surface area contributed by atoms with Crippen molar-refractivity contribution in [3.05, 3.63) is 24.8 Å². The summed E-state index contributed by atoms with van der Waals surface area (Å²) < 4.78 is 4.84. The smallest absolute Gasteiger partial charge is 0.309 e. The molecule has 0 aliphatic carbocycles. The van der Waals surface area contributed by atoms with Crippen molar-refractivity contribution >= 4 is 5.97 Å². The van der Waals surface area contributed by atoms with Gasteiger partial charge in [0.25, 0.3) is 0 Å². The van der Waals surface area contributed by atoms with Crippen LogP contribution in [0.4, 0.5) is 0 Å². The molecule has 0 amide bonds. The summed E-state index contributed by atoms with van der Waals surface area (Å²) in [6.07, 6.45) is 16.4. The highest BCUT2D eigenvalue weighted by molar-refractivity contribution is 5.71. The fourth-order valence-electron chi connectivity index (χ4n) is 1.78. The molecule has 0 aromatic heterocycles. The first-order valence-corrected chi connectivity index (χ1v) is 7.22. The summed E-state index contributed by atoms with van der Waals surface area (Å²) in [5.74, 6) is -0.129. The minimum absolute atomic E-state index is 0.129. The zero-order valence-electron chi connectivity index (χ0n) is 11.8. The second kappa shape index (κ2) is 14.0. The first-order chi connectivity index (χ1) is 8.81. The molecule has 0 saturated carbocycles. The van der Waals surface area contributed by atoms with Crippen LogP contribution in [0.15, 0.2) is 24.8 Å². The van der Waals surface area contributed by atoms with E-state index >= 15 is 0 Å². The average Bonchev–Trinajstić information content (AvgIpc) is 2.36. The second-order valence-corrected chi connectivity index (χ2v) is 4.47. The standard InChI is InChI=1S/C16H28O2/c1-3-5-6-7-8-9-10-11-12-13-14-15-16(17)18-4-2/h3,13-14H,1,4-12,15H2,2H3. The molecule has 2 heteroatoms. The number of hydrogen-bond acceptors (Lipinski definition) is 2. The highest BCUT2D eigenvalue weighted by atomic mass is 16.5. The van der Waals surface area contributed by atoms with Crippen molar-refractivity contribution in [1.82, 2.24) is 0 Å². The predicted molar refractivity (Wildman–Crippen MR) is 77.5 cm³/mol. The number of allylic oxidation sites excluding steroid dienone is 2. The van der Waals surface area contributed by atoms with Gasteiger partial charge in [-0.25, -0.2) is 0 Å². The van der Waals surface area contributed by atoms with E-state index in [9.17, 15) is 4.79 Å². The Morgan fingerprint density at radius 3 is 2.22 bits per heavy atom. The normalized spacial score (nSPS) is 10.7. The first-order valence-electron chi connectivity index (χ1n) is 7.22. The van der Waals surface area contributed by atoms with E-state index in [4.69, 9.17) is 4.74 Å². The Labute approximate surface area is 112 Å². The lowest BCUT2D eigenvalue weighted by molar-refractivity contribution is -0.142. The largest absolute Gasteiger partial charge is 0.466 e. The monoisotopic (exact) mass is 252 g/mol. The van der Waals surface area contributed by atoms with Crippen LogP contribution in [-0.2, 0) is 9.53 Å². The lowest BCUT2D eigenvalue weighted by Gasteiger charge is -1.99. The molecule has 0 aliphatic rings. The van der Waals surface area contributed by atoms with Gasteiger partial charge in [0.2, 0.25) is 0 Å². The Bertz CT molecular complexity index is 231. The van der Waals surface area contributed by atoms with E-state index in [1.165, 1.54) is 38.5 Å². The topological polar surface area (TPSA) is 26.3 Å². The maximum atomic E-state index is 11.0. The maximum Gasteiger partial charge on any atom is 0.309 e. The van der Waals surface area contributed by atoms with E-state index in [2.05, 4.69) is 12.7 Å². The van der Waals surface area contributed by atoms with Crippen LogP contribution in [0.3, 0.4) is 0 Å². The van der Waals surface area contributed by atoms with Crippen molar-refractivity contribution < 1.29 is 9.53 Å². The number of esters is 1. The van der Waals surface area contributed by atoms with Crippen molar-refractivity contribution in [1.29, 1.82) is 0 Å². The van der Waals surface area contributed by atoms with Gasteiger partial charge < -0.3 is 4.74 Å². The predicted octanol–water partition coefficient (Wildman–Crippen LogP) is 4.80. The third-order valence-electron chi connectivity index (χ3n) is 2.79. The molecule has 0 aromatic rings. The van der Waals surface area contributed by atoms with Crippen molar-refractivity contribution in [3.8, 4) is 0 Å². The van der Waals surface area contributed by atoms with E-state index in [0.717, 1.165) is 12.8 Å². The van der Waals surface area contributed by atoms with E-state index in [0.29, 0.717) is 13.0 Å². The zero-order chi connectivity index (χ0) is 13.5. The second-order valence-electron chi connectivity index (χ2n) is 4.47. The minimum Gasteiger partial charge on any atom is -0.466 e. The van der Waals surface area contributed by atoms with Gasteiger partial charge in [0.05, 0.1) is 13.0 Å². The molecule has 0 saturated heterocycles. The molecule has 104 valence electrons. The van der Waals surface area contributed by atoms with Crippen molar-refractivity contribution in [2.24, 2.45) is 0 Å². The van der Waals surface area contributed by atoms with Crippen molar-refractivity contribution in [3.63, 3.8) is 0 Å². The highest BCUT2D eigenvalue weighted by Crippen LogP contribution is 2.09. The van der Waals surface area contributed by atoms with Crippen LogP contribution in [0.25, 0.3) is 0 Å². The molecule has 0 radical (unpaired) electrons. The molecular formula is C16H28O2. The average molecular weight is 252 g/mol. The van der Waals surface area contributed by atoms with Crippen LogP contribution in [0.5, 0.6) is 0 Å². The molecule has 0 aliphatic heterocycles. The van der Waals surface area contributed by atoms with Gasteiger partial charge in [-0.2, -0.15) is 0 Å². The number of rotatable bonds is 12. The van der Waals surface area contributed by atoms with Gasteiger partial charge in [-0.15, -0.1) is 6.58 Å². The summed E-state index contributed by atoms with van der Waals surface area (Å²) in [5, 5.41) is 0. The summed E-state index contributed by atoms with van der Waals surface area (Å²) in [6.45, 7) is 6.02. The van der Waals surface area contributed by atoms with Crippen LogP contribution < -0.4 is 0 Å². The molecule has 0 spiro atoms. The Balaban J connectivity index is 3.17. The van der Waals surface area contributed by atoms with Crippen LogP contribution >= 0.6 is 0 Å². The van der Waals surface area contributed by atoms with Gasteiger partial charge in [-0.1, -0.05) is 43.9 Å². The summed E-state index contributed by atoms with van der Waals surface area (Å²) >= 11 is 0. The van der Waals surface area contributed by atoms with Crippen molar-refractivity contribution in [2.45, 2.75) is 64.7 Å². The summed E-state index contributed by atoms with van der Waals surface area (Å²) in [7, 11) is 0. The third kappa shape index (κ3) is 13.0. The van der Waals surface area contributed by atoms with E-state index in [1.807, 2.05) is 19.1 Å². The molecule has 0 bridgehead atoms. The lowest BCUT2D eigenvalue weighted by atomic mass is 10.1. The number of unbranched alkanes of at least 4 members (excludes halogenated alkanes) is 7. The lowest BCUT2D eigenvalue weighted by Crippen LogP contribution is -2.01. The molecule has 0 unspecified atom stereocenters. The van der Waals surface area contributed by atoms with Crippen molar-refractivity contribution in [2.75, 3.05) is 6.61 Å². The van der Waals surface area contributed by atoms with Gasteiger partial charge >= 0.3 is 5.97 Å². The molecule has 0 heterocycles. The highest BCUT2D eigenvalue weighted by Gasteiger charge is 1.95. The Kier molecular flexibility index (Phi) is 13.2. The van der Waals surface area contributed by atoms with E-state index < -0.39 is 0 Å². The van der Waals surface area contributed by atoms with Gasteiger partial charge in [-0.3, -0.25) is 4.79 Å². The molecular weight excluding hydrogens is 224 g/mol. The number of carbonyl (C=O) groups excluding carboxylic acids is 1. The van der Waals surface area contributed by atoms with E-state index in [1.54, 1.807) is 0 Å². The maximum absolute atomic E-state index is 11.0. The van der Waals surface area contributed by atoms with Crippen LogP contribution in [0.1, 0.15) is 64.7 Å². The van der Waals surface area contributed by atoms with Gasteiger partial charge in [-0.05, 0) is 32.6 Å². The fraction of sp³-hybridized carbons (Fsp3) is 0.688. The Morgan fingerprint density at radius 2 is 1.61 bits per heavy atom. The Hall–Kier alpha value is -1.05. The first kappa shape index (κ1) is 16.9. The van der Waals surface area contributed by atoms with Gasteiger partial charge in [0, 0.05) is 0 Å². The van der Waals surface area contributed by atoms with Crippen LogP contribution in [-0.4, -0.2) is 12.6 Å². The minimum atomic E-state index is -0.129. The van der Waals surface area contributed by atoms with Gasteiger partial charge in [0.1, 0.15) is 0 Å². The van der Waals surface area contributed by atoms with E-state index in [-0.39, 0.29) is 5.97 Å². The molecule has 0 atom stereocenters. The molecule has 0 N–H and O–H groups in total. The molecule has 18 heavy (non-hydrogen) atoms. The Morgan fingerprint density at radius 1 is 1.00 bits per heavy atom. The zero-order valence-corrected chi connectivity index (χ0v) is 11.8. The number of ether oxygens (including phenoxy) is 1. The molecule has 0 rings (SSSR count). The molecule has 0 aromatic carbocycles. The molecule has 2 nitrogen and oxygen atoms in total. The molecule has 0 fully saturated rings.